The number of rotatable bonds is 5. The summed E-state index contributed by atoms with van der Waals surface area (Å²) in [5, 5.41) is 0. The highest BCUT2D eigenvalue weighted by Gasteiger charge is 2.22. The Bertz CT molecular complexity index is 243. The summed E-state index contributed by atoms with van der Waals surface area (Å²) in [5.74, 6) is 0.994. The van der Waals surface area contributed by atoms with Gasteiger partial charge in [0.1, 0.15) is 0 Å². The van der Waals surface area contributed by atoms with E-state index in [-0.39, 0.29) is 24.4 Å². The molecule has 0 radical (unpaired) electrons. The van der Waals surface area contributed by atoms with Gasteiger partial charge in [0.15, 0.2) is 0 Å². The number of ether oxygens (including phenoxy) is 1. The minimum absolute atomic E-state index is 0. The second kappa shape index (κ2) is 8.73. The summed E-state index contributed by atoms with van der Waals surface area (Å²) in [7, 11) is 1.84. The molecule has 1 saturated heterocycles. The summed E-state index contributed by atoms with van der Waals surface area (Å²) in [6, 6.07) is -0.357. The van der Waals surface area contributed by atoms with E-state index >= 15 is 0 Å². The zero-order valence-electron chi connectivity index (χ0n) is 11.7. The minimum atomic E-state index is -0.357. The highest BCUT2D eigenvalue weighted by Crippen LogP contribution is 2.15. The molecule has 1 unspecified atom stereocenters. The van der Waals surface area contributed by atoms with E-state index in [9.17, 15) is 4.79 Å². The third-order valence-corrected chi connectivity index (χ3v) is 3.21. The number of halogens is 1. The van der Waals surface area contributed by atoms with Crippen LogP contribution in [0.5, 0.6) is 0 Å². The Balaban J connectivity index is 0.00000289. The largest absolute Gasteiger partial charge is 0.381 e. The Morgan fingerprint density at radius 2 is 2.17 bits per heavy atom. The van der Waals surface area contributed by atoms with Crippen LogP contribution in [0, 0.1) is 11.8 Å². The first-order valence-electron chi connectivity index (χ1n) is 6.59. The van der Waals surface area contributed by atoms with Crippen LogP contribution in [0.2, 0.25) is 0 Å². The number of nitrogens with zero attached hydrogens (tertiary/aromatic N) is 1. The van der Waals surface area contributed by atoms with Crippen molar-refractivity contribution in [2.45, 2.75) is 39.2 Å². The monoisotopic (exact) mass is 278 g/mol. The number of hydrogen-bond acceptors (Lipinski definition) is 3. The van der Waals surface area contributed by atoms with Crippen LogP contribution in [0.15, 0.2) is 0 Å². The summed E-state index contributed by atoms with van der Waals surface area (Å²) in [6.07, 6.45) is 3.01. The van der Waals surface area contributed by atoms with Crippen molar-refractivity contribution in [3.8, 4) is 0 Å². The average Bonchev–Trinajstić information content (AvgIpc) is 2.28. The number of carbonyl (C=O) groups excluding carboxylic acids is 1. The molecule has 1 amide bonds. The Labute approximate surface area is 117 Å². The summed E-state index contributed by atoms with van der Waals surface area (Å²) < 4.78 is 5.42. The van der Waals surface area contributed by atoms with Crippen LogP contribution in [0.3, 0.4) is 0 Å². The molecule has 0 saturated carbocycles. The third-order valence-electron chi connectivity index (χ3n) is 3.21. The predicted octanol–water partition coefficient (Wildman–Crippen LogP) is 1.67. The Morgan fingerprint density at radius 1 is 1.50 bits per heavy atom. The van der Waals surface area contributed by atoms with Gasteiger partial charge in [-0.15, -0.1) is 12.4 Å². The zero-order chi connectivity index (χ0) is 12.8. The van der Waals surface area contributed by atoms with Gasteiger partial charge in [0.25, 0.3) is 0 Å². The van der Waals surface area contributed by atoms with Crippen LogP contribution in [0.1, 0.15) is 33.1 Å². The van der Waals surface area contributed by atoms with Crippen molar-refractivity contribution < 1.29 is 9.53 Å². The topological polar surface area (TPSA) is 55.6 Å². The SMILES string of the molecule is CC(C)C[C@H](N)C(=O)N(C)CC1CCCOC1.Cl. The maximum atomic E-state index is 12.0. The van der Waals surface area contributed by atoms with Crippen molar-refractivity contribution in [1.29, 1.82) is 0 Å². The fourth-order valence-corrected chi connectivity index (χ4v) is 2.32. The molecule has 0 bridgehead atoms. The second-order valence-electron chi connectivity index (χ2n) is 5.54. The number of amides is 1. The van der Waals surface area contributed by atoms with Crippen LogP contribution in [0.4, 0.5) is 0 Å². The fraction of sp³-hybridized carbons (Fsp3) is 0.923. The van der Waals surface area contributed by atoms with E-state index in [4.69, 9.17) is 10.5 Å². The van der Waals surface area contributed by atoms with E-state index in [1.54, 1.807) is 4.90 Å². The van der Waals surface area contributed by atoms with Gasteiger partial charge in [-0.3, -0.25) is 4.79 Å². The van der Waals surface area contributed by atoms with E-state index in [0.717, 1.165) is 39.0 Å². The molecular formula is C13H27ClN2O2. The van der Waals surface area contributed by atoms with Gasteiger partial charge in [0.2, 0.25) is 5.91 Å². The molecule has 1 rings (SSSR count). The molecule has 1 heterocycles. The summed E-state index contributed by atoms with van der Waals surface area (Å²) in [5.41, 5.74) is 5.90. The Kier molecular flexibility index (Phi) is 8.57. The van der Waals surface area contributed by atoms with Gasteiger partial charge >= 0.3 is 0 Å². The highest BCUT2D eigenvalue weighted by atomic mass is 35.5. The van der Waals surface area contributed by atoms with Gasteiger partial charge in [-0.05, 0) is 31.1 Å². The van der Waals surface area contributed by atoms with E-state index in [0.29, 0.717) is 11.8 Å². The molecule has 1 fully saturated rings. The molecule has 0 aromatic carbocycles. The van der Waals surface area contributed by atoms with Crippen LogP contribution in [-0.2, 0) is 9.53 Å². The average molecular weight is 279 g/mol. The van der Waals surface area contributed by atoms with Gasteiger partial charge in [-0.25, -0.2) is 0 Å². The minimum Gasteiger partial charge on any atom is -0.381 e. The van der Waals surface area contributed by atoms with E-state index in [1.165, 1.54) is 0 Å². The first-order valence-corrected chi connectivity index (χ1v) is 6.59. The van der Waals surface area contributed by atoms with Gasteiger partial charge in [0, 0.05) is 20.2 Å². The van der Waals surface area contributed by atoms with Crippen molar-refractivity contribution in [2.24, 2.45) is 17.6 Å². The summed E-state index contributed by atoms with van der Waals surface area (Å²) >= 11 is 0. The molecule has 0 aromatic heterocycles. The van der Waals surface area contributed by atoms with Crippen molar-refractivity contribution >= 4 is 18.3 Å². The van der Waals surface area contributed by atoms with Gasteiger partial charge in [-0.2, -0.15) is 0 Å². The Hall–Kier alpha value is -0.320. The van der Waals surface area contributed by atoms with Crippen LogP contribution in [0.25, 0.3) is 0 Å². The molecule has 0 aliphatic carbocycles. The van der Waals surface area contributed by atoms with Crippen LogP contribution in [-0.4, -0.2) is 43.7 Å². The third kappa shape index (κ3) is 6.03. The lowest BCUT2D eigenvalue weighted by Gasteiger charge is -2.29. The first kappa shape index (κ1) is 17.7. The quantitative estimate of drug-likeness (QED) is 0.832. The highest BCUT2D eigenvalue weighted by molar-refractivity contribution is 5.85. The second-order valence-corrected chi connectivity index (χ2v) is 5.54. The standard InChI is InChI=1S/C13H26N2O2.ClH/c1-10(2)7-12(14)13(16)15(3)8-11-5-4-6-17-9-11;/h10-12H,4-9,14H2,1-3H3;1H/t11?,12-;/m0./s1. The predicted molar refractivity (Wildman–Crippen MR) is 75.9 cm³/mol. The van der Waals surface area contributed by atoms with Crippen molar-refractivity contribution in [1.82, 2.24) is 4.90 Å². The maximum Gasteiger partial charge on any atom is 0.239 e. The molecule has 108 valence electrons. The molecule has 2 N–H and O–H groups in total. The van der Waals surface area contributed by atoms with E-state index < -0.39 is 0 Å². The van der Waals surface area contributed by atoms with Crippen LogP contribution < -0.4 is 5.73 Å². The van der Waals surface area contributed by atoms with Gasteiger partial charge < -0.3 is 15.4 Å². The van der Waals surface area contributed by atoms with E-state index in [2.05, 4.69) is 13.8 Å². The molecule has 1 aliphatic rings. The molecule has 4 nitrogen and oxygen atoms in total. The van der Waals surface area contributed by atoms with Gasteiger partial charge in [0.05, 0.1) is 12.6 Å². The van der Waals surface area contributed by atoms with Gasteiger partial charge in [-0.1, -0.05) is 13.8 Å². The van der Waals surface area contributed by atoms with Crippen molar-refractivity contribution in [2.75, 3.05) is 26.8 Å². The molecular weight excluding hydrogens is 252 g/mol. The molecule has 18 heavy (non-hydrogen) atoms. The smallest absolute Gasteiger partial charge is 0.239 e. The molecule has 0 spiro atoms. The van der Waals surface area contributed by atoms with Crippen molar-refractivity contribution in [3.05, 3.63) is 0 Å². The summed E-state index contributed by atoms with van der Waals surface area (Å²) in [6.45, 7) is 6.58. The number of carbonyl (C=O) groups is 1. The Morgan fingerprint density at radius 3 is 2.67 bits per heavy atom. The lowest BCUT2D eigenvalue weighted by molar-refractivity contribution is -0.132. The van der Waals surface area contributed by atoms with Crippen molar-refractivity contribution in [3.63, 3.8) is 0 Å². The van der Waals surface area contributed by atoms with Crippen LogP contribution >= 0.6 is 12.4 Å². The zero-order valence-corrected chi connectivity index (χ0v) is 12.5. The first-order chi connectivity index (χ1) is 8.00. The fourth-order valence-electron chi connectivity index (χ4n) is 2.32. The van der Waals surface area contributed by atoms with E-state index in [1.807, 2.05) is 7.05 Å². The molecule has 1 aliphatic heterocycles. The molecule has 5 heteroatoms. The molecule has 0 aromatic rings. The number of nitrogens with two attached hydrogens (primary N) is 1. The number of likely N-dealkylation sites (N-methyl/N-ethyl adjacent to an activating group) is 1. The normalized spacial score (nSPS) is 21.3. The molecule has 2 atom stereocenters. The maximum absolute atomic E-state index is 12.0. The number of hydrogen-bond donors (Lipinski definition) is 1. The lowest BCUT2D eigenvalue weighted by Crippen LogP contribution is -2.45. The lowest BCUT2D eigenvalue weighted by atomic mass is 10.0. The summed E-state index contributed by atoms with van der Waals surface area (Å²) in [4.78, 5) is 13.8.